The molecule has 0 saturated heterocycles. The Morgan fingerprint density at radius 2 is 1.96 bits per heavy atom. The van der Waals surface area contributed by atoms with Gasteiger partial charge in [0.1, 0.15) is 30.1 Å². The van der Waals surface area contributed by atoms with Crippen molar-refractivity contribution >= 4 is 5.97 Å². The van der Waals surface area contributed by atoms with E-state index in [1.165, 1.54) is 30.3 Å². The summed E-state index contributed by atoms with van der Waals surface area (Å²) < 4.78 is 32.6. The molecule has 0 radical (unpaired) electrons. The van der Waals surface area contributed by atoms with Crippen molar-refractivity contribution < 1.29 is 28.5 Å². The highest BCUT2D eigenvalue weighted by atomic mass is 19.1. The molecule has 0 aliphatic carbocycles. The Hall–Kier alpha value is -2.51. The van der Waals surface area contributed by atoms with Crippen LogP contribution in [0.15, 0.2) is 36.4 Å². The van der Waals surface area contributed by atoms with Crippen molar-refractivity contribution in [2.24, 2.45) is 0 Å². The number of benzene rings is 2. The number of rotatable bonds is 6. The third kappa shape index (κ3) is 4.36. The molecule has 1 atom stereocenters. The zero-order valence-corrected chi connectivity index (χ0v) is 14.0. The van der Waals surface area contributed by atoms with E-state index in [4.69, 9.17) is 9.84 Å². The molecule has 2 aromatic rings. The lowest BCUT2D eigenvalue weighted by Crippen LogP contribution is -2.39. The molecule has 0 fully saturated rings. The predicted octanol–water partition coefficient (Wildman–Crippen LogP) is 2.46. The molecule has 0 aromatic heterocycles. The summed E-state index contributed by atoms with van der Waals surface area (Å²) in [5.74, 6) is -1.68. The van der Waals surface area contributed by atoms with Gasteiger partial charge in [-0.05, 0) is 47.9 Å². The molecule has 2 aromatic carbocycles. The Bertz CT molecular complexity index is 795. The van der Waals surface area contributed by atoms with Crippen molar-refractivity contribution in [3.05, 3.63) is 64.7 Å². The average molecular weight is 363 g/mol. The molecule has 0 bridgehead atoms. The summed E-state index contributed by atoms with van der Waals surface area (Å²) in [5.41, 5.74) is 1.29. The number of carbonyl (C=O) groups is 1. The monoisotopic (exact) mass is 363 g/mol. The number of hydrogen-bond donors (Lipinski definition) is 2. The van der Waals surface area contributed by atoms with Gasteiger partial charge in [0.05, 0.1) is 5.56 Å². The van der Waals surface area contributed by atoms with Gasteiger partial charge in [-0.25, -0.2) is 13.6 Å². The van der Waals surface area contributed by atoms with Crippen LogP contribution in [0.5, 0.6) is 5.75 Å². The molecule has 26 heavy (non-hydrogen) atoms. The van der Waals surface area contributed by atoms with Crippen molar-refractivity contribution in [3.63, 3.8) is 0 Å². The van der Waals surface area contributed by atoms with Gasteiger partial charge in [0, 0.05) is 25.7 Å². The van der Waals surface area contributed by atoms with Crippen LogP contribution in [0.3, 0.4) is 0 Å². The van der Waals surface area contributed by atoms with Crippen LogP contribution in [0.2, 0.25) is 0 Å². The first-order valence-electron chi connectivity index (χ1n) is 8.26. The van der Waals surface area contributed by atoms with Crippen LogP contribution in [0.25, 0.3) is 0 Å². The van der Waals surface area contributed by atoms with E-state index in [1.807, 2.05) is 4.90 Å². The van der Waals surface area contributed by atoms with E-state index < -0.39 is 23.7 Å². The number of β-amino-alcohol motifs (C(OH)–C–C–N with tert-alkyl or cyclic N) is 1. The molecule has 1 heterocycles. The second kappa shape index (κ2) is 7.80. The van der Waals surface area contributed by atoms with Crippen molar-refractivity contribution in [2.75, 3.05) is 19.7 Å². The van der Waals surface area contributed by atoms with E-state index in [1.54, 1.807) is 0 Å². The molecule has 0 spiro atoms. The van der Waals surface area contributed by atoms with Gasteiger partial charge in [-0.15, -0.1) is 0 Å². The van der Waals surface area contributed by atoms with Crippen LogP contribution in [0.4, 0.5) is 8.78 Å². The van der Waals surface area contributed by atoms with E-state index in [2.05, 4.69) is 0 Å². The van der Waals surface area contributed by atoms with Gasteiger partial charge < -0.3 is 14.9 Å². The van der Waals surface area contributed by atoms with Gasteiger partial charge in [-0.1, -0.05) is 0 Å². The van der Waals surface area contributed by atoms with Gasteiger partial charge >= 0.3 is 5.97 Å². The highest BCUT2D eigenvalue weighted by Crippen LogP contribution is 2.23. The Morgan fingerprint density at radius 3 is 2.65 bits per heavy atom. The third-order valence-corrected chi connectivity index (χ3v) is 4.34. The number of carboxylic acid groups (broad SMARTS) is 1. The van der Waals surface area contributed by atoms with E-state index in [0.717, 1.165) is 6.07 Å². The van der Waals surface area contributed by atoms with Gasteiger partial charge in [0.2, 0.25) is 0 Å². The second-order valence-electron chi connectivity index (χ2n) is 6.30. The van der Waals surface area contributed by atoms with Crippen LogP contribution in [0, 0.1) is 11.6 Å². The molecule has 0 saturated carbocycles. The minimum absolute atomic E-state index is 0.0350. The number of nitrogens with zero attached hydrogens (tertiary/aromatic N) is 1. The molecular formula is C19H19F2NO4. The number of hydrogen-bond acceptors (Lipinski definition) is 4. The molecule has 3 rings (SSSR count). The van der Waals surface area contributed by atoms with Crippen molar-refractivity contribution in [3.8, 4) is 5.75 Å². The second-order valence-corrected chi connectivity index (χ2v) is 6.30. The molecule has 1 unspecified atom stereocenters. The summed E-state index contributed by atoms with van der Waals surface area (Å²) >= 11 is 0. The topological polar surface area (TPSA) is 70.0 Å². The number of fused-ring (bicyclic) bond motifs is 1. The summed E-state index contributed by atoms with van der Waals surface area (Å²) in [5, 5.41) is 19.0. The van der Waals surface area contributed by atoms with Crippen LogP contribution in [0.1, 0.15) is 21.5 Å². The summed E-state index contributed by atoms with van der Waals surface area (Å²) in [6.07, 6.45) is -0.319. The first-order chi connectivity index (χ1) is 12.4. The molecule has 138 valence electrons. The molecule has 7 heteroatoms. The fourth-order valence-electron chi connectivity index (χ4n) is 3.06. The Kier molecular flexibility index (Phi) is 5.49. The van der Waals surface area contributed by atoms with Gasteiger partial charge in [0.15, 0.2) is 0 Å². The number of carboxylic acids is 1. The van der Waals surface area contributed by atoms with E-state index in [9.17, 15) is 18.7 Å². The fourth-order valence-corrected chi connectivity index (χ4v) is 3.06. The summed E-state index contributed by atoms with van der Waals surface area (Å²) in [6.45, 7) is 1.28. The highest BCUT2D eigenvalue weighted by Gasteiger charge is 2.22. The Morgan fingerprint density at radius 1 is 1.23 bits per heavy atom. The lowest BCUT2D eigenvalue weighted by Gasteiger charge is -2.30. The zero-order chi connectivity index (χ0) is 18.7. The maximum Gasteiger partial charge on any atom is 0.335 e. The van der Waals surface area contributed by atoms with Gasteiger partial charge in [0.25, 0.3) is 0 Å². The lowest BCUT2D eigenvalue weighted by molar-refractivity contribution is 0.0633. The van der Waals surface area contributed by atoms with Crippen molar-refractivity contribution in [1.29, 1.82) is 0 Å². The van der Waals surface area contributed by atoms with Crippen LogP contribution in [-0.4, -0.2) is 46.9 Å². The molecule has 1 aliphatic rings. The number of halogens is 2. The largest absolute Gasteiger partial charge is 0.491 e. The lowest BCUT2D eigenvalue weighted by atomic mass is 9.98. The molecule has 5 nitrogen and oxygen atoms in total. The zero-order valence-electron chi connectivity index (χ0n) is 14.0. The smallest absolute Gasteiger partial charge is 0.335 e. The van der Waals surface area contributed by atoms with Gasteiger partial charge in [-0.2, -0.15) is 0 Å². The molecule has 1 aliphatic heterocycles. The standard InChI is InChI=1S/C19H19F2NO4/c20-14-7-13-9-22(6-5-17(13)18(21)8-14)10-15(23)11-26-16-3-1-12(2-4-16)19(24)25/h1-4,7-8,15,23H,5-6,9-11H2,(H,24,25). The minimum Gasteiger partial charge on any atom is -0.491 e. The Balaban J connectivity index is 1.52. The van der Waals surface area contributed by atoms with Crippen LogP contribution < -0.4 is 4.74 Å². The van der Waals surface area contributed by atoms with Crippen LogP contribution in [-0.2, 0) is 13.0 Å². The third-order valence-electron chi connectivity index (χ3n) is 4.34. The number of ether oxygens (including phenoxy) is 1. The van der Waals surface area contributed by atoms with E-state index in [-0.39, 0.29) is 12.2 Å². The first kappa shape index (κ1) is 18.3. The SMILES string of the molecule is O=C(O)c1ccc(OCC(O)CN2CCc3c(F)cc(F)cc3C2)cc1. The number of aliphatic hydroxyl groups excluding tert-OH is 1. The maximum atomic E-state index is 13.7. The van der Waals surface area contributed by atoms with Crippen molar-refractivity contribution in [1.82, 2.24) is 4.90 Å². The Labute approximate surface area is 149 Å². The van der Waals surface area contributed by atoms with Crippen molar-refractivity contribution in [2.45, 2.75) is 19.1 Å². The maximum absolute atomic E-state index is 13.7. The minimum atomic E-state index is -1.02. The first-order valence-corrected chi connectivity index (χ1v) is 8.26. The summed E-state index contributed by atoms with van der Waals surface area (Å²) in [6, 6.07) is 8.13. The normalized spacial score (nSPS) is 15.3. The number of aromatic carboxylic acids is 1. The van der Waals surface area contributed by atoms with E-state index >= 15 is 0 Å². The van der Waals surface area contributed by atoms with E-state index in [0.29, 0.717) is 42.9 Å². The molecule has 2 N–H and O–H groups in total. The highest BCUT2D eigenvalue weighted by molar-refractivity contribution is 5.87. The summed E-state index contributed by atoms with van der Waals surface area (Å²) in [7, 11) is 0. The summed E-state index contributed by atoms with van der Waals surface area (Å²) in [4.78, 5) is 12.7. The molecule has 0 amide bonds. The fraction of sp³-hybridized carbons (Fsp3) is 0.316. The quantitative estimate of drug-likeness (QED) is 0.825. The predicted molar refractivity (Wildman–Crippen MR) is 90.2 cm³/mol. The molecular weight excluding hydrogens is 344 g/mol. The van der Waals surface area contributed by atoms with Crippen LogP contribution >= 0.6 is 0 Å². The van der Waals surface area contributed by atoms with Gasteiger partial charge in [-0.3, -0.25) is 4.90 Å². The average Bonchev–Trinajstić information content (AvgIpc) is 2.60. The number of aliphatic hydroxyl groups is 1.